The second-order valence-corrected chi connectivity index (χ2v) is 20.9. The minimum atomic E-state index is -4.44. The molecule has 0 aromatic carbocycles. The molecule has 65 heavy (non-hydrogen) atoms. The van der Waals surface area contributed by atoms with Gasteiger partial charge in [0.15, 0.2) is 0 Å². The number of ether oxygens (including phenoxy) is 1. The topological polar surface area (TPSA) is 111 Å². The maximum atomic E-state index is 13.4. The van der Waals surface area contributed by atoms with Crippen LogP contribution in [0.2, 0.25) is 0 Å². The highest BCUT2D eigenvalue weighted by Gasteiger charge is 2.30. The van der Waals surface area contributed by atoms with Gasteiger partial charge in [-0.25, -0.2) is 4.57 Å². The fourth-order valence-corrected chi connectivity index (χ4v) is 8.38. The van der Waals surface area contributed by atoms with Gasteiger partial charge in [0.05, 0.1) is 33.8 Å². The molecule has 3 unspecified atom stereocenters. The van der Waals surface area contributed by atoms with Gasteiger partial charge in [-0.05, 0) is 51.0 Å². The molecule has 0 heterocycles. The molecule has 0 rings (SSSR count). The van der Waals surface area contributed by atoms with Crippen LogP contribution >= 0.6 is 7.82 Å². The minimum Gasteiger partial charge on any atom is -0.456 e. The molecule has 0 bridgehead atoms. The van der Waals surface area contributed by atoms with E-state index in [0.29, 0.717) is 17.4 Å². The lowest BCUT2D eigenvalue weighted by Crippen LogP contribution is -2.47. The number of carbonyl (C=O) groups is 2. The van der Waals surface area contributed by atoms with E-state index in [1.165, 1.54) is 122 Å². The van der Waals surface area contributed by atoms with Gasteiger partial charge in [0.2, 0.25) is 5.91 Å². The molecule has 0 aliphatic rings. The van der Waals surface area contributed by atoms with Crippen LogP contribution in [-0.2, 0) is 27.9 Å². The number of esters is 1. The number of likely N-dealkylation sites (N-methyl/N-ethyl adjacent to an activating group) is 1. The van der Waals surface area contributed by atoms with Gasteiger partial charge in [-0.15, -0.1) is 0 Å². The second-order valence-electron chi connectivity index (χ2n) is 19.4. The Morgan fingerprint density at radius 3 is 1.46 bits per heavy atom. The molecule has 0 saturated heterocycles. The zero-order valence-corrected chi connectivity index (χ0v) is 44.1. The molecule has 0 spiro atoms. The molecule has 0 aliphatic heterocycles. The molecule has 10 heteroatoms. The van der Waals surface area contributed by atoms with Gasteiger partial charge >= 0.3 is 13.8 Å². The number of quaternary nitrogens is 1. The van der Waals surface area contributed by atoms with Crippen molar-refractivity contribution < 1.29 is 37.3 Å². The number of phosphoric ester groups is 1. The van der Waals surface area contributed by atoms with E-state index in [0.717, 1.165) is 83.5 Å². The maximum Gasteiger partial charge on any atom is 0.472 e. The third-order valence-corrected chi connectivity index (χ3v) is 12.8. The monoisotopic (exact) mass is 936 g/mol. The lowest BCUT2D eigenvalue weighted by atomic mass is 10.0. The lowest BCUT2D eigenvalue weighted by Gasteiger charge is -2.27. The van der Waals surface area contributed by atoms with Crippen molar-refractivity contribution in [2.24, 2.45) is 0 Å². The fraction of sp³-hybridized carbons (Fsp3) is 0.818. The molecule has 9 nitrogen and oxygen atoms in total. The Kier molecular flexibility index (Phi) is 44.3. The first-order chi connectivity index (χ1) is 31.4. The van der Waals surface area contributed by atoms with Crippen LogP contribution in [-0.4, -0.2) is 74.3 Å². The van der Waals surface area contributed by atoms with Gasteiger partial charge < -0.3 is 19.4 Å². The van der Waals surface area contributed by atoms with E-state index in [2.05, 4.69) is 62.5 Å². The molecule has 2 N–H and O–H groups in total. The summed E-state index contributed by atoms with van der Waals surface area (Å²) in [7, 11) is 1.48. The number of phosphoric acid groups is 1. The first kappa shape index (κ1) is 63.0. The van der Waals surface area contributed by atoms with Crippen LogP contribution in [0.15, 0.2) is 48.6 Å². The summed E-state index contributed by atoms with van der Waals surface area (Å²) in [6.07, 6.45) is 53.9. The van der Waals surface area contributed by atoms with Gasteiger partial charge in [0.1, 0.15) is 19.3 Å². The third kappa shape index (κ3) is 46.9. The van der Waals surface area contributed by atoms with Crippen molar-refractivity contribution in [2.75, 3.05) is 40.9 Å². The number of nitrogens with zero attached hydrogens (tertiary/aromatic N) is 1. The summed E-state index contributed by atoms with van der Waals surface area (Å²) in [4.78, 5) is 37.4. The molecule has 0 radical (unpaired) electrons. The van der Waals surface area contributed by atoms with E-state index in [9.17, 15) is 19.0 Å². The van der Waals surface area contributed by atoms with Gasteiger partial charge in [0.25, 0.3) is 0 Å². The summed E-state index contributed by atoms with van der Waals surface area (Å²) in [5.74, 6) is -0.525. The van der Waals surface area contributed by atoms with E-state index >= 15 is 0 Å². The molecule has 0 aromatic heterocycles. The lowest BCUT2D eigenvalue weighted by molar-refractivity contribution is -0.870. The summed E-state index contributed by atoms with van der Waals surface area (Å²) < 4.78 is 30.5. The highest BCUT2D eigenvalue weighted by molar-refractivity contribution is 7.47. The van der Waals surface area contributed by atoms with Crippen molar-refractivity contribution in [1.82, 2.24) is 5.32 Å². The first-order valence-electron chi connectivity index (χ1n) is 27.0. The summed E-state index contributed by atoms with van der Waals surface area (Å²) >= 11 is 0. The van der Waals surface area contributed by atoms with Crippen LogP contribution in [0.1, 0.15) is 239 Å². The molecule has 0 fully saturated rings. The molecule has 0 aromatic rings. The van der Waals surface area contributed by atoms with Crippen LogP contribution in [0.25, 0.3) is 0 Å². The quantitative estimate of drug-likeness (QED) is 0.0156. The Bertz CT molecular complexity index is 1260. The van der Waals surface area contributed by atoms with Gasteiger partial charge in [0, 0.05) is 12.8 Å². The van der Waals surface area contributed by atoms with E-state index in [1.54, 1.807) is 0 Å². The Hall–Kier alpha value is -2.03. The largest absolute Gasteiger partial charge is 0.472 e. The van der Waals surface area contributed by atoms with Crippen molar-refractivity contribution in [3.63, 3.8) is 0 Å². The number of rotatable bonds is 48. The standard InChI is InChI=1S/C55H103N2O7P/c1-7-10-13-16-19-22-25-28-31-34-37-40-43-46-53(64-55(59)48-45-42-39-36-33-30-27-24-21-18-15-12-9-3)52(51-63-65(60,61)62-50-49-57(4,5)6)56-54(58)47-44-41-38-35-32-29-26-23-20-17-14-11-8-2/h11,14,17,20,23,26,43,46,52-53H,7-10,12-13,15-16,18-19,21-22,24-25,27-42,44-45,47-51H2,1-6H3,(H-,56,58,60,61)/p+1/b14-11+,20-17+,26-23-,46-43+. The number of carbonyl (C=O) groups excluding carboxylic acids is 2. The number of hydrogen-bond donors (Lipinski definition) is 2. The SMILES string of the molecule is CC/C=C/C=C/C=C\CCCCCCCC(=O)NC(COP(=O)(O)OCC[N+](C)(C)C)C(/C=C/CCCCCCCCCCCCC)OC(=O)CCCCCCCCCCCCCCC. The zero-order chi connectivity index (χ0) is 48.0. The van der Waals surface area contributed by atoms with E-state index in [4.69, 9.17) is 13.8 Å². The van der Waals surface area contributed by atoms with Crippen LogP contribution in [0, 0.1) is 0 Å². The summed E-state index contributed by atoms with van der Waals surface area (Å²) in [5.41, 5.74) is 0. The van der Waals surface area contributed by atoms with Crippen molar-refractivity contribution in [1.29, 1.82) is 0 Å². The summed E-state index contributed by atoms with van der Waals surface area (Å²) in [5, 5.41) is 3.03. The molecular formula is C55H104N2O7P+. The predicted molar refractivity (Wildman–Crippen MR) is 277 cm³/mol. The molecule has 0 saturated carbocycles. The van der Waals surface area contributed by atoms with Crippen molar-refractivity contribution >= 4 is 19.7 Å². The highest BCUT2D eigenvalue weighted by Crippen LogP contribution is 2.43. The van der Waals surface area contributed by atoms with E-state index in [-0.39, 0.29) is 31.5 Å². The molecule has 380 valence electrons. The molecular weight excluding hydrogens is 832 g/mol. The van der Waals surface area contributed by atoms with Crippen molar-refractivity contribution in [3.05, 3.63) is 48.6 Å². The Morgan fingerprint density at radius 1 is 0.554 bits per heavy atom. The number of nitrogens with one attached hydrogen (secondary N) is 1. The normalized spacial score (nSPS) is 14.3. The molecule has 3 atom stereocenters. The van der Waals surface area contributed by atoms with Crippen LogP contribution in [0.5, 0.6) is 0 Å². The molecule has 1 amide bonds. The second kappa shape index (κ2) is 45.7. The average molecular weight is 936 g/mol. The third-order valence-electron chi connectivity index (χ3n) is 11.8. The predicted octanol–water partition coefficient (Wildman–Crippen LogP) is 15.8. The van der Waals surface area contributed by atoms with Crippen LogP contribution < -0.4 is 5.32 Å². The van der Waals surface area contributed by atoms with E-state index < -0.39 is 20.0 Å². The molecule has 0 aliphatic carbocycles. The Morgan fingerprint density at radius 2 is 0.985 bits per heavy atom. The number of allylic oxidation sites excluding steroid dienone is 7. The van der Waals surface area contributed by atoms with E-state index in [1.807, 2.05) is 33.3 Å². The maximum absolute atomic E-state index is 13.4. The van der Waals surface area contributed by atoms with Crippen LogP contribution in [0.4, 0.5) is 0 Å². The van der Waals surface area contributed by atoms with Gasteiger partial charge in [-0.2, -0.15) is 0 Å². The van der Waals surface area contributed by atoms with Crippen molar-refractivity contribution in [3.8, 4) is 0 Å². The first-order valence-corrected chi connectivity index (χ1v) is 28.5. The van der Waals surface area contributed by atoms with Gasteiger partial charge in [-0.3, -0.25) is 18.6 Å². The summed E-state index contributed by atoms with van der Waals surface area (Å²) in [6, 6.07) is -0.854. The fourth-order valence-electron chi connectivity index (χ4n) is 7.65. The summed E-state index contributed by atoms with van der Waals surface area (Å²) in [6.45, 7) is 6.86. The Balaban J connectivity index is 5.45. The Labute approximate surface area is 401 Å². The smallest absolute Gasteiger partial charge is 0.456 e. The average Bonchev–Trinajstić information content (AvgIpc) is 3.26. The number of amides is 1. The number of unbranched alkanes of at least 4 members (excludes halogenated alkanes) is 28. The van der Waals surface area contributed by atoms with Crippen LogP contribution in [0.3, 0.4) is 0 Å². The van der Waals surface area contributed by atoms with Crippen molar-refractivity contribution in [2.45, 2.75) is 251 Å². The van der Waals surface area contributed by atoms with Gasteiger partial charge in [-0.1, -0.05) is 224 Å². The minimum absolute atomic E-state index is 0.0364. The zero-order valence-electron chi connectivity index (χ0n) is 43.2. The highest BCUT2D eigenvalue weighted by atomic mass is 31.2. The number of hydrogen-bond acceptors (Lipinski definition) is 6.